The van der Waals surface area contributed by atoms with Crippen LogP contribution in [0.25, 0.3) is 0 Å². The summed E-state index contributed by atoms with van der Waals surface area (Å²) in [6.07, 6.45) is 0. The summed E-state index contributed by atoms with van der Waals surface area (Å²) in [4.78, 5) is 28.5. The van der Waals surface area contributed by atoms with Crippen LogP contribution in [0.1, 0.15) is 31.9 Å². The van der Waals surface area contributed by atoms with Crippen molar-refractivity contribution in [2.45, 2.75) is 45.2 Å². The van der Waals surface area contributed by atoms with Crippen molar-refractivity contribution in [3.8, 4) is 5.75 Å². The Hall–Kier alpha value is -3.08. The van der Waals surface area contributed by atoms with Crippen molar-refractivity contribution in [2.24, 2.45) is 5.92 Å². The number of carbonyl (C=O) groups is 2. The van der Waals surface area contributed by atoms with Crippen LogP contribution >= 0.6 is 27.5 Å². The van der Waals surface area contributed by atoms with E-state index in [2.05, 4.69) is 21.2 Å². The maximum absolute atomic E-state index is 14.0. The number of rotatable bonds is 12. The molecule has 11 heteroatoms. The maximum Gasteiger partial charge on any atom is 0.264 e. The van der Waals surface area contributed by atoms with Gasteiger partial charge in [0.25, 0.3) is 10.0 Å². The predicted molar refractivity (Wildman–Crippen MR) is 166 cm³/mol. The number of nitrogens with zero attached hydrogens (tertiary/aromatic N) is 2. The third-order valence-electron chi connectivity index (χ3n) is 6.43. The zero-order valence-electron chi connectivity index (χ0n) is 23.7. The molecule has 3 rings (SSSR count). The number of hydrogen-bond donors (Lipinski definition) is 1. The molecule has 2 amide bonds. The van der Waals surface area contributed by atoms with Crippen LogP contribution in [-0.2, 0) is 26.2 Å². The first-order valence-electron chi connectivity index (χ1n) is 13.1. The Morgan fingerprint density at radius 1 is 1.00 bits per heavy atom. The number of hydrogen-bond acceptors (Lipinski definition) is 5. The molecule has 0 radical (unpaired) electrons. The second-order valence-electron chi connectivity index (χ2n) is 10.1. The van der Waals surface area contributed by atoms with Crippen LogP contribution in [0.3, 0.4) is 0 Å². The number of methoxy groups -OCH3 is 1. The van der Waals surface area contributed by atoms with Crippen LogP contribution in [0, 0.1) is 12.8 Å². The van der Waals surface area contributed by atoms with Crippen molar-refractivity contribution in [3.63, 3.8) is 0 Å². The normalized spacial score (nSPS) is 12.1. The van der Waals surface area contributed by atoms with E-state index in [0.717, 1.165) is 19.9 Å². The highest BCUT2D eigenvalue weighted by molar-refractivity contribution is 9.10. The van der Waals surface area contributed by atoms with Crippen molar-refractivity contribution in [2.75, 3.05) is 24.5 Å². The SMILES string of the molecule is COc1ccc(N(CC(=O)N(Cc2ccc(Br)cc2)[C@H](C)C(=O)NCC(C)C)S(=O)(=O)c2ccc(C)cc2)cc1Cl. The molecule has 0 unspecified atom stereocenters. The van der Waals surface area contributed by atoms with Gasteiger partial charge >= 0.3 is 0 Å². The Labute approximate surface area is 255 Å². The van der Waals surface area contributed by atoms with Crippen LogP contribution in [0.5, 0.6) is 5.75 Å². The topological polar surface area (TPSA) is 96.0 Å². The van der Waals surface area contributed by atoms with Crippen LogP contribution in [0.2, 0.25) is 5.02 Å². The van der Waals surface area contributed by atoms with Gasteiger partial charge in [-0.2, -0.15) is 0 Å². The van der Waals surface area contributed by atoms with Gasteiger partial charge in [0, 0.05) is 17.6 Å². The van der Waals surface area contributed by atoms with E-state index in [1.807, 2.05) is 45.0 Å². The van der Waals surface area contributed by atoms with Gasteiger partial charge in [0.2, 0.25) is 11.8 Å². The Bertz CT molecular complexity index is 1460. The van der Waals surface area contributed by atoms with E-state index in [1.54, 1.807) is 25.1 Å². The quantitative estimate of drug-likeness (QED) is 0.264. The third kappa shape index (κ3) is 8.47. The molecule has 220 valence electrons. The monoisotopic (exact) mass is 663 g/mol. The minimum Gasteiger partial charge on any atom is -0.495 e. The molecule has 41 heavy (non-hydrogen) atoms. The average Bonchev–Trinajstić information content (AvgIpc) is 2.93. The van der Waals surface area contributed by atoms with Crippen LogP contribution in [0.4, 0.5) is 5.69 Å². The van der Waals surface area contributed by atoms with Crippen LogP contribution in [0.15, 0.2) is 76.1 Å². The fourth-order valence-electron chi connectivity index (χ4n) is 4.00. The van der Waals surface area contributed by atoms with E-state index in [4.69, 9.17) is 16.3 Å². The first-order valence-corrected chi connectivity index (χ1v) is 15.7. The molecule has 0 aliphatic heterocycles. The molecule has 0 aromatic heterocycles. The molecule has 0 aliphatic carbocycles. The highest BCUT2D eigenvalue weighted by Crippen LogP contribution is 2.32. The second-order valence-corrected chi connectivity index (χ2v) is 13.3. The molecule has 0 heterocycles. The number of anilines is 1. The molecule has 0 fully saturated rings. The summed E-state index contributed by atoms with van der Waals surface area (Å²) in [7, 11) is -2.75. The molecule has 8 nitrogen and oxygen atoms in total. The summed E-state index contributed by atoms with van der Waals surface area (Å²) in [5.41, 5.74) is 1.86. The molecular weight excluding hydrogens is 630 g/mol. The summed E-state index contributed by atoms with van der Waals surface area (Å²) >= 11 is 9.78. The van der Waals surface area contributed by atoms with Gasteiger partial charge in [-0.05, 0) is 67.8 Å². The van der Waals surface area contributed by atoms with Gasteiger partial charge in [-0.25, -0.2) is 8.42 Å². The standard InChI is InChI=1S/C30H35BrClN3O5S/c1-20(2)17-33-30(37)22(4)34(18-23-8-10-24(31)11-9-23)29(36)19-35(25-12-15-28(40-5)27(32)16-25)41(38,39)26-13-6-21(3)7-14-26/h6-16,20,22H,17-19H2,1-5H3,(H,33,37)/t22-/m1/s1. The van der Waals surface area contributed by atoms with E-state index in [-0.39, 0.29) is 34.0 Å². The molecule has 3 aromatic carbocycles. The van der Waals surface area contributed by atoms with E-state index in [9.17, 15) is 18.0 Å². The van der Waals surface area contributed by atoms with Crippen molar-refractivity contribution in [3.05, 3.63) is 87.4 Å². The van der Waals surface area contributed by atoms with Crippen molar-refractivity contribution >= 4 is 55.1 Å². The van der Waals surface area contributed by atoms with Gasteiger partial charge in [0.15, 0.2) is 0 Å². The first-order chi connectivity index (χ1) is 19.3. The largest absolute Gasteiger partial charge is 0.495 e. The maximum atomic E-state index is 14.0. The number of ether oxygens (including phenoxy) is 1. The number of aryl methyl sites for hydroxylation is 1. The molecule has 0 saturated heterocycles. The third-order valence-corrected chi connectivity index (χ3v) is 9.04. The number of sulfonamides is 1. The fourth-order valence-corrected chi connectivity index (χ4v) is 5.92. The lowest BCUT2D eigenvalue weighted by Gasteiger charge is -2.32. The van der Waals surface area contributed by atoms with Gasteiger partial charge in [0.1, 0.15) is 18.3 Å². The second kappa shape index (κ2) is 14.2. The van der Waals surface area contributed by atoms with E-state index < -0.39 is 28.5 Å². The minimum atomic E-state index is -4.20. The van der Waals surface area contributed by atoms with Crippen molar-refractivity contribution < 1.29 is 22.7 Å². The molecule has 0 saturated carbocycles. The summed E-state index contributed by atoms with van der Waals surface area (Å²) < 4.78 is 35.0. The van der Waals surface area contributed by atoms with Gasteiger partial charge in [0.05, 0.1) is 22.7 Å². The summed E-state index contributed by atoms with van der Waals surface area (Å²) in [6, 6.07) is 17.4. The van der Waals surface area contributed by atoms with Gasteiger partial charge in [-0.15, -0.1) is 0 Å². The van der Waals surface area contributed by atoms with Gasteiger partial charge < -0.3 is 15.0 Å². The molecule has 3 aromatic rings. The Morgan fingerprint density at radius 2 is 1.63 bits per heavy atom. The smallest absolute Gasteiger partial charge is 0.264 e. The van der Waals surface area contributed by atoms with E-state index in [1.165, 1.54) is 36.3 Å². The van der Waals surface area contributed by atoms with Gasteiger partial charge in [-0.3, -0.25) is 13.9 Å². The zero-order chi connectivity index (χ0) is 30.3. The summed E-state index contributed by atoms with van der Waals surface area (Å²) in [5.74, 6) is -0.300. The molecule has 0 spiro atoms. The lowest BCUT2D eigenvalue weighted by Crippen LogP contribution is -2.51. The van der Waals surface area contributed by atoms with Crippen LogP contribution in [-0.4, -0.2) is 51.4 Å². The lowest BCUT2D eigenvalue weighted by molar-refractivity contribution is -0.139. The Morgan fingerprint density at radius 3 is 2.20 bits per heavy atom. The molecule has 0 bridgehead atoms. The molecule has 0 aliphatic rings. The number of nitrogens with one attached hydrogen (secondary N) is 1. The van der Waals surface area contributed by atoms with Crippen molar-refractivity contribution in [1.29, 1.82) is 0 Å². The van der Waals surface area contributed by atoms with Crippen LogP contribution < -0.4 is 14.4 Å². The first kappa shape index (κ1) is 32.4. The van der Waals surface area contributed by atoms with E-state index in [0.29, 0.717) is 12.3 Å². The number of benzene rings is 3. The Balaban J connectivity index is 2.04. The van der Waals surface area contributed by atoms with Crippen molar-refractivity contribution in [1.82, 2.24) is 10.2 Å². The minimum absolute atomic E-state index is 0.0185. The molecule has 1 atom stereocenters. The number of carbonyl (C=O) groups excluding carboxylic acids is 2. The average molecular weight is 665 g/mol. The highest BCUT2D eigenvalue weighted by atomic mass is 79.9. The highest BCUT2D eigenvalue weighted by Gasteiger charge is 2.33. The number of amides is 2. The molecule has 1 N–H and O–H groups in total. The van der Waals surface area contributed by atoms with E-state index >= 15 is 0 Å². The Kier molecular flexibility index (Phi) is 11.2. The fraction of sp³-hybridized carbons (Fsp3) is 0.333. The molecular formula is C30H35BrClN3O5S. The zero-order valence-corrected chi connectivity index (χ0v) is 26.9. The lowest BCUT2D eigenvalue weighted by atomic mass is 10.1. The summed E-state index contributed by atoms with van der Waals surface area (Å²) in [5, 5.41) is 3.06. The van der Waals surface area contributed by atoms with Gasteiger partial charge in [-0.1, -0.05) is 71.2 Å². The predicted octanol–water partition coefficient (Wildman–Crippen LogP) is 5.80. The summed E-state index contributed by atoms with van der Waals surface area (Å²) in [6.45, 7) is 7.43. The number of halogens is 2.